The first-order valence-electron chi connectivity index (χ1n) is 7.46. The highest BCUT2D eigenvalue weighted by Crippen LogP contribution is 2.29. The van der Waals surface area contributed by atoms with Gasteiger partial charge in [-0.2, -0.15) is 0 Å². The maximum atomic E-state index is 12.5. The lowest BCUT2D eigenvalue weighted by molar-refractivity contribution is -0.135. The largest absolute Gasteiger partial charge is 0.495 e. The van der Waals surface area contributed by atoms with Gasteiger partial charge in [0.25, 0.3) is 0 Å². The molecule has 2 N–H and O–H groups in total. The van der Waals surface area contributed by atoms with Crippen LogP contribution in [0.5, 0.6) is 5.75 Å². The minimum absolute atomic E-state index is 0.362. The second-order valence-corrected chi connectivity index (χ2v) is 6.74. The summed E-state index contributed by atoms with van der Waals surface area (Å²) >= 11 is 11.9. The Morgan fingerprint density at radius 1 is 0.960 bits per heavy atom. The van der Waals surface area contributed by atoms with E-state index in [9.17, 15) is 9.59 Å². The molecule has 0 aliphatic heterocycles. The van der Waals surface area contributed by atoms with E-state index in [1.807, 2.05) is 0 Å². The van der Waals surface area contributed by atoms with Crippen molar-refractivity contribution in [1.82, 2.24) is 0 Å². The molecule has 7 heteroatoms. The van der Waals surface area contributed by atoms with E-state index < -0.39 is 17.2 Å². The summed E-state index contributed by atoms with van der Waals surface area (Å²) in [4.78, 5) is 25.0. The Kier molecular flexibility index (Phi) is 5.93. The van der Waals surface area contributed by atoms with E-state index in [-0.39, 0.29) is 0 Å². The topological polar surface area (TPSA) is 67.4 Å². The van der Waals surface area contributed by atoms with Gasteiger partial charge in [-0.3, -0.25) is 9.59 Å². The van der Waals surface area contributed by atoms with Crippen LogP contribution in [0.2, 0.25) is 10.0 Å². The number of carbonyl (C=O) groups excluding carboxylic acids is 2. The van der Waals surface area contributed by atoms with Crippen molar-refractivity contribution in [1.29, 1.82) is 0 Å². The molecule has 0 unspecified atom stereocenters. The van der Waals surface area contributed by atoms with Gasteiger partial charge in [0.1, 0.15) is 11.2 Å². The molecule has 0 spiro atoms. The van der Waals surface area contributed by atoms with Gasteiger partial charge in [-0.05, 0) is 50.2 Å². The first-order valence-corrected chi connectivity index (χ1v) is 8.21. The van der Waals surface area contributed by atoms with Crippen LogP contribution in [-0.4, -0.2) is 18.9 Å². The van der Waals surface area contributed by atoms with Gasteiger partial charge in [-0.25, -0.2) is 0 Å². The maximum Gasteiger partial charge on any atom is 0.239 e. The molecular formula is C18H18Cl2N2O3. The predicted octanol–water partition coefficient (Wildman–Crippen LogP) is 4.61. The third-order valence-corrected chi connectivity index (χ3v) is 4.16. The molecule has 2 amide bonds. The van der Waals surface area contributed by atoms with Gasteiger partial charge in [-0.1, -0.05) is 29.3 Å². The molecule has 0 heterocycles. The van der Waals surface area contributed by atoms with Crippen molar-refractivity contribution in [2.75, 3.05) is 17.7 Å². The number of benzene rings is 2. The lowest BCUT2D eigenvalue weighted by Gasteiger charge is -2.23. The summed E-state index contributed by atoms with van der Waals surface area (Å²) in [7, 11) is 1.50. The highest BCUT2D eigenvalue weighted by Gasteiger charge is 2.36. The zero-order valence-electron chi connectivity index (χ0n) is 14.0. The standard InChI is InChI=1S/C18H18Cl2N2O3/c1-18(2,16(23)21-12-6-4-5-11(19)9-12)17(24)22-13-7-8-15(25-3)14(20)10-13/h4-10H,1-3H3,(H,21,23)(H,22,24). The highest BCUT2D eigenvalue weighted by molar-refractivity contribution is 6.32. The van der Waals surface area contributed by atoms with Crippen LogP contribution in [-0.2, 0) is 9.59 Å². The van der Waals surface area contributed by atoms with Crippen LogP contribution in [0, 0.1) is 5.41 Å². The Labute approximate surface area is 156 Å². The van der Waals surface area contributed by atoms with Crippen LogP contribution in [0.15, 0.2) is 42.5 Å². The Morgan fingerprint density at radius 2 is 1.56 bits per heavy atom. The molecule has 0 aliphatic rings. The smallest absolute Gasteiger partial charge is 0.239 e. The molecule has 0 atom stereocenters. The summed E-state index contributed by atoms with van der Waals surface area (Å²) in [5.74, 6) is -0.419. The van der Waals surface area contributed by atoms with E-state index in [4.69, 9.17) is 27.9 Å². The van der Waals surface area contributed by atoms with Gasteiger partial charge in [0.05, 0.1) is 12.1 Å². The fraction of sp³-hybridized carbons (Fsp3) is 0.222. The fourth-order valence-electron chi connectivity index (χ4n) is 1.99. The van der Waals surface area contributed by atoms with Crippen molar-refractivity contribution < 1.29 is 14.3 Å². The molecule has 0 fully saturated rings. The van der Waals surface area contributed by atoms with E-state index in [1.165, 1.54) is 21.0 Å². The van der Waals surface area contributed by atoms with Gasteiger partial charge in [0, 0.05) is 16.4 Å². The third kappa shape index (κ3) is 4.65. The minimum Gasteiger partial charge on any atom is -0.495 e. The number of carbonyl (C=O) groups is 2. The summed E-state index contributed by atoms with van der Waals surface area (Å²) in [6.07, 6.45) is 0. The zero-order valence-corrected chi connectivity index (χ0v) is 15.5. The number of hydrogen-bond acceptors (Lipinski definition) is 3. The van der Waals surface area contributed by atoms with Crippen molar-refractivity contribution in [2.24, 2.45) is 5.41 Å². The lowest BCUT2D eigenvalue weighted by atomic mass is 9.90. The van der Waals surface area contributed by atoms with Gasteiger partial charge in [-0.15, -0.1) is 0 Å². The van der Waals surface area contributed by atoms with Crippen LogP contribution in [0.3, 0.4) is 0 Å². The molecule has 0 aromatic heterocycles. The molecule has 0 radical (unpaired) electrons. The average molecular weight is 381 g/mol. The molecule has 0 saturated carbocycles. The van der Waals surface area contributed by atoms with Gasteiger partial charge < -0.3 is 15.4 Å². The second-order valence-electron chi connectivity index (χ2n) is 5.89. The van der Waals surface area contributed by atoms with Gasteiger partial charge in [0.2, 0.25) is 11.8 Å². The van der Waals surface area contributed by atoms with Crippen LogP contribution in [0.25, 0.3) is 0 Å². The summed E-state index contributed by atoms with van der Waals surface area (Å²) in [5, 5.41) is 6.23. The number of rotatable bonds is 5. The summed E-state index contributed by atoms with van der Waals surface area (Å²) in [6.45, 7) is 3.07. The third-order valence-electron chi connectivity index (χ3n) is 3.63. The van der Waals surface area contributed by atoms with Crippen LogP contribution in [0.4, 0.5) is 11.4 Å². The molecule has 2 aromatic rings. The first kappa shape index (κ1) is 19.1. The van der Waals surface area contributed by atoms with E-state index >= 15 is 0 Å². The summed E-state index contributed by atoms with van der Waals surface area (Å²) in [5.41, 5.74) is -0.320. The first-order chi connectivity index (χ1) is 11.7. The normalized spacial score (nSPS) is 10.9. The number of amides is 2. The highest BCUT2D eigenvalue weighted by atomic mass is 35.5. The Hall–Kier alpha value is -2.24. The predicted molar refractivity (Wildman–Crippen MR) is 100 cm³/mol. The monoisotopic (exact) mass is 380 g/mol. The molecule has 0 aliphatic carbocycles. The van der Waals surface area contributed by atoms with E-state index in [1.54, 1.807) is 42.5 Å². The molecule has 0 saturated heterocycles. The number of methoxy groups -OCH3 is 1. The van der Waals surface area contributed by atoms with Crippen LogP contribution in [0.1, 0.15) is 13.8 Å². The summed E-state index contributed by atoms with van der Waals surface area (Å²) < 4.78 is 5.07. The van der Waals surface area contributed by atoms with Crippen molar-refractivity contribution in [2.45, 2.75) is 13.8 Å². The number of anilines is 2. The number of nitrogens with one attached hydrogen (secondary N) is 2. The number of hydrogen-bond donors (Lipinski definition) is 2. The van der Waals surface area contributed by atoms with E-state index in [2.05, 4.69) is 10.6 Å². The van der Waals surface area contributed by atoms with Gasteiger partial charge >= 0.3 is 0 Å². The van der Waals surface area contributed by atoms with Gasteiger partial charge in [0.15, 0.2) is 0 Å². The Morgan fingerprint density at radius 3 is 2.08 bits per heavy atom. The quantitative estimate of drug-likeness (QED) is 0.744. The van der Waals surface area contributed by atoms with Crippen molar-refractivity contribution in [3.05, 3.63) is 52.5 Å². The molecule has 132 valence electrons. The Bertz CT molecular complexity index is 807. The van der Waals surface area contributed by atoms with E-state index in [0.717, 1.165) is 0 Å². The average Bonchev–Trinajstić information content (AvgIpc) is 2.55. The maximum absolute atomic E-state index is 12.5. The van der Waals surface area contributed by atoms with Crippen LogP contribution >= 0.6 is 23.2 Å². The molecule has 2 rings (SSSR count). The van der Waals surface area contributed by atoms with Crippen molar-refractivity contribution in [3.63, 3.8) is 0 Å². The Balaban J connectivity index is 2.10. The summed E-state index contributed by atoms with van der Waals surface area (Å²) in [6, 6.07) is 11.6. The lowest BCUT2D eigenvalue weighted by Crippen LogP contribution is -2.41. The molecule has 2 aromatic carbocycles. The van der Waals surface area contributed by atoms with Crippen molar-refractivity contribution >= 4 is 46.4 Å². The molecule has 25 heavy (non-hydrogen) atoms. The SMILES string of the molecule is COc1ccc(NC(=O)C(C)(C)C(=O)Nc2cccc(Cl)c2)cc1Cl. The number of ether oxygens (including phenoxy) is 1. The second kappa shape index (κ2) is 7.76. The zero-order chi connectivity index (χ0) is 18.6. The molecule has 5 nitrogen and oxygen atoms in total. The minimum atomic E-state index is -1.31. The fourth-order valence-corrected chi connectivity index (χ4v) is 2.44. The molecule has 0 bridgehead atoms. The number of halogens is 2. The van der Waals surface area contributed by atoms with Crippen molar-refractivity contribution in [3.8, 4) is 5.75 Å². The van der Waals surface area contributed by atoms with Crippen LogP contribution < -0.4 is 15.4 Å². The van der Waals surface area contributed by atoms with E-state index in [0.29, 0.717) is 27.2 Å². The molecular weight excluding hydrogens is 363 g/mol.